The zero-order chi connectivity index (χ0) is 14.5. The lowest BCUT2D eigenvalue weighted by atomic mass is 9.97. The van der Waals surface area contributed by atoms with Gasteiger partial charge in [-0.15, -0.1) is 0 Å². The van der Waals surface area contributed by atoms with Crippen molar-refractivity contribution in [2.45, 2.75) is 19.4 Å². The number of methoxy groups -OCH3 is 1. The molecule has 1 aliphatic heterocycles. The maximum absolute atomic E-state index is 12.4. The number of carbonyl (C=O) groups excluding carboxylic acids is 1. The van der Waals surface area contributed by atoms with E-state index in [1.807, 2.05) is 36.2 Å². The number of hydrogen-bond donors (Lipinski definition) is 0. The Kier molecular flexibility index (Phi) is 5.01. The molecule has 1 saturated heterocycles. The van der Waals surface area contributed by atoms with E-state index in [-0.39, 0.29) is 11.8 Å². The SMILES string of the molecule is COc1ccc(CN(C)C(=O)[C@H]2CCCN(C)C2)cc1. The number of carbonyl (C=O) groups is 1. The molecular formula is C16H24N2O2. The van der Waals surface area contributed by atoms with Crippen LogP contribution in [0.25, 0.3) is 0 Å². The maximum Gasteiger partial charge on any atom is 0.227 e. The predicted octanol–water partition coefficient (Wildman–Crippen LogP) is 2.00. The standard InChI is InChI=1S/C16H24N2O2/c1-17-10-4-5-14(12-17)16(19)18(2)11-13-6-8-15(20-3)9-7-13/h6-9,14H,4-5,10-12H2,1-3H3/t14-/m0/s1. The van der Waals surface area contributed by atoms with E-state index in [0.717, 1.165) is 37.2 Å². The van der Waals surface area contributed by atoms with Crippen LogP contribution in [0.1, 0.15) is 18.4 Å². The summed E-state index contributed by atoms with van der Waals surface area (Å²) in [6, 6.07) is 7.88. The minimum atomic E-state index is 0.150. The maximum atomic E-state index is 12.4. The number of amides is 1. The normalized spacial score (nSPS) is 19.6. The second-order valence-corrected chi connectivity index (χ2v) is 5.64. The third-order valence-corrected chi connectivity index (χ3v) is 3.93. The molecule has 4 heteroatoms. The van der Waals surface area contributed by atoms with Crippen molar-refractivity contribution in [3.63, 3.8) is 0 Å². The van der Waals surface area contributed by atoms with Crippen LogP contribution in [0, 0.1) is 5.92 Å². The molecular weight excluding hydrogens is 252 g/mol. The highest BCUT2D eigenvalue weighted by Crippen LogP contribution is 2.19. The Balaban J connectivity index is 1.92. The Morgan fingerprint density at radius 3 is 2.70 bits per heavy atom. The van der Waals surface area contributed by atoms with Gasteiger partial charge in [-0.25, -0.2) is 0 Å². The van der Waals surface area contributed by atoms with Crippen LogP contribution in [0.5, 0.6) is 5.75 Å². The van der Waals surface area contributed by atoms with Gasteiger partial charge in [-0.1, -0.05) is 12.1 Å². The average Bonchev–Trinajstić information content (AvgIpc) is 2.47. The van der Waals surface area contributed by atoms with Gasteiger partial charge in [-0.05, 0) is 44.1 Å². The summed E-state index contributed by atoms with van der Waals surface area (Å²) in [5, 5.41) is 0. The molecule has 1 aromatic carbocycles. The van der Waals surface area contributed by atoms with Crippen LogP contribution in [0.2, 0.25) is 0 Å². The first-order valence-corrected chi connectivity index (χ1v) is 7.16. The largest absolute Gasteiger partial charge is 0.497 e. The molecule has 0 spiro atoms. The summed E-state index contributed by atoms with van der Waals surface area (Å²) in [5.41, 5.74) is 1.13. The first-order valence-electron chi connectivity index (χ1n) is 7.16. The van der Waals surface area contributed by atoms with E-state index in [9.17, 15) is 4.79 Å². The number of rotatable bonds is 4. The smallest absolute Gasteiger partial charge is 0.227 e. The fourth-order valence-corrected chi connectivity index (χ4v) is 2.76. The Morgan fingerprint density at radius 1 is 1.40 bits per heavy atom. The molecule has 0 N–H and O–H groups in total. The van der Waals surface area contributed by atoms with E-state index >= 15 is 0 Å². The molecule has 0 bridgehead atoms. The van der Waals surface area contributed by atoms with Crippen molar-refractivity contribution in [2.24, 2.45) is 5.92 Å². The lowest BCUT2D eigenvalue weighted by Gasteiger charge is -2.31. The molecule has 0 radical (unpaired) electrons. The van der Waals surface area contributed by atoms with Crippen LogP contribution in [-0.4, -0.2) is 50.0 Å². The van der Waals surface area contributed by atoms with Gasteiger partial charge in [-0.3, -0.25) is 4.79 Å². The number of likely N-dealkylation sites (tertiary alicyclic amines) is 1. The van der Waals surface area contributed by atoms with Gasteiger partial charge in [0.25, 0.3) is 0 Å². The Morgan fingerprint density at radius 2 is 2.10 bits per heavy atom. The lowest BCUT2D eigenvalue weighted by molar-refractivity contribution is -0.136. The Labute approximate surface area is 121 Å². The van der Waals surface area contributed by atoms with Gasteiger partial charge in [0.2, 0.25) is 5.91 Å². The monoisotopic (exact) mass is 276 g/mol. The molecule has 1 heterocycles. The molecule has 20 heavy (non-hydrogen) atoms. The van der Waals surface area contributed by atoms with Gasteiger partial charge in [0, 0.05) is 20.1 Å². The zero-order valence-corrected chi connectivity index (χ0v) is 12.6. The number of benzene rings is 1. The molecule has 4 nitrogen and oxygen atoms in total. The van der Waals surface area contributed by atoms with Crippen molar-refractivity contribution < 1.29 is 9.53 Å². The lowest BCUT2D eigenvalue weighted by Crippen LogP contribution is -2.41. The fourth-order valence-electron chi connectivity index (χ4n) is 2.76. The van der Waals surface area contributed by atoms with Crippen molar-refractivity contribution in [2.75, 3.05) is 34.3 Å². The third-order valence-electron chi connectivity index (χ3n) is 3.93. The number of piperidine rings is 1. The molecule has 110 valence electrons. The average molecular weight is 276 g/mol. The first kappa shape index (κ1) is 14.9. The molecule has 0 aliphatic carbocycles. The van der Waals surface area contributed by atoms with Crippen LogP contribution < -0.4 is 4.74 Å². The molecule has 1 fully saturated rings. The Bertz CT molecular complexity index is 444. The number of ether oxygens (including phenoxy) is 1. The van der Waals surface area contributed by atoms with Crippen molar-refractivity contribution in [3.8, 4) is 5.75 Å². The third kappa shape index (κ3) is 3.73. The van der Waals surface area contributed by atoms with Crippen molar-refractivity contribution in [1.82, 2.24) is 9.80 Å². The summed E-state index contributed by atoms with van der Waals surface area (Å²) in [6.45, 7) is 2.64. The topological polar surface area (TPSA) is 32.8 Å². The van der Waals surface area contributed by atoms with Crippen molar-refractivity contribution >= 4 is 5.91 Å². The van der Waals surface area contributed by atoms with Gasteiger partial charge >= 0.3 is 0 Å². The van der Waals surface area contributed by atoms with Gasteiger partial charge in [0.05, 0.1) is 13.0 Å². The van der Waals surface area contributed by atoms with E-state index < -0.39 is 0 Å². The van der Waals surface area contributed by atoms with E-state index in [0.29, 0.717) is 6.54 Å². The van der Waals surface area contributed by atoms with Gasteiger partial charge in [-0.2, -0.15) is 0 Å². The molecule has 0 unspecified atom stereocenters. The Hall–Kier alpha value is -1.55. The van der Waals surface area contributed by atoms with E-state index in [1.165, 1.54) is 0 Å². The predicted molar refractivity (Wildman–Crippen MR) is 79.7 cm³/mol. The molecule has 1 amide bonds. The van der Waals surface area contributed by atoms with E-state index in [1.54, 1.807) is 7.11 Å². The van der Waals surface area contributed by atoms with Crippen molar-refractivity contribution in [3.05, 3.63) is 29.8 Å². The highest BCUT2D eigenvalue weighted by atomic mass is 16.5. The number of hydrogen-bond acceptors (Lipinski definition) is 3. The van der Waals surface area contributed by atoms with Crippen LogP contribution in [0.15, 0.2) is 24.3 Å². The molecule has 1 aromatic rings. The number of nitrogens with zero attached hydrogens (tertiary/aromatic N) is 2. The molecule has 2 rings (SSSR count). The summed E-state index contributed by atoms with van der Waals surface area (Å²) in [5.74, 6) is 1.25. The first-order chi connectivity index (χ1) is 9.60. The fraction of sp³-hybridized carbons (Fsp3) is 0.562. The highest BCUT2D eigenvalue weighted by Gasteiger charge is 2.26. The highest BCUT2D eigenvalue weighted by molar-refractivity contribution is 5.78. The van der Waals surface area contributed by atoms with E-state index in [4.69, 9.17) is 4.74 Å². The van der Waals surface area contributed by atoms with Gasteiger partial charge in [0.15, 0.2) is 0 Å². The summed E-state index contributed by atoms with van der Waals surface area (Å²) >= 11 is 0. The summed E-state index contributed by atoms with van der Waals surface area (Å²) in [7, 11) is 5.63. The van der Waals surface area contributed by atoms with Crippen LogP contribution in [0.3, 0.4) is 0 Å². The summed E-state index contributed by atoms with van der Waals surface area (Å²) in [4.78, 5) is 16.5. The zero-order valence-electron chi connectivity index (χ0n) is 12.6. The summed E-state index contributed by atoms with van der Waals surface area (Å²) in [6.07, 6.45) is 2.12. The second-order valence-electron chi connectivity index (χ2n) is 5.64. The van der Waals surface area contributed by atoms with Crippen LogP contribution >= 0.6 is 0 Å². The van der Waals surface area contributed by atoms with Crippen LogP contribution in [0.4, 0.5) is 0 Å². The minimum absolute atomic E-state index is 0.150. The second kappa shape index (κ2) is 6.75. The minimum Gasteiger partial charge on any atom is -0.497 e. The molecule has 0 saturated carbocycles. The van der Waals surface area contributed by atoms with Gasteiger partial charge in [0.1, 0.15) is 5.75 Å². The quantitative estimate of drug-likeness (QED) is 0.843. The van der Waals surface area contributed by atoms with E-state index in [2.05, 4.69) is 11.9 Å². The molecule has 1 atom stereocenters. The van der Waals surface area contributed by atoms with Gasteiger partial charge < -0.3 is 14.5 Å². The summed E-state index contributed by atoms with van der Waals surface area (Å²) < 4.78 is 5.14. The van der Waals surface area contributed by atoms with Crippen molar-refractivity contribution in [1.29, 1.82) is 0 Å². The molecule has 0 aromatic heterocycles. The van der Waals surface area contributed by atoms with Crippen LogP contribution in [-0.2, 0) is 11.3 Å². The molecule has 1 aliphatic rings.